The van der Waals surface area contributed by atoms with E-state index in [1.165, 1.54) is 29.8 Å². The molecule has 4 aromatic rings. The molecule has 0 aliphatic rings. The number of hydrogen-bond donors (Lipinski definition) is 0. The van der Waals surface area contributed by atoms with E-state index in [0.29, 0.717) is 22.3 Å². The summed E-state index contributed by atoms with van der Waals surface area (Å²) in [5, 5.41) is 0.763. The van der Waals surface area contributed by atoms with Crippen LogP contribution in [-0.2, 0) is 6.54 Å². The van der Waals surface area contributed by atoms with E-state index >= 15 is 0 Å². The summed E-state index contributed by atoms with van der Waals surface area (Å²) in [5.74, 6) is 0.0260. The highest BCUT2D eigenvalue weighted by Gasteiger charge is 2.30. The molecule has 32 heavy (non-hydrogen) atoms. The molecule has 0 amide bonds. The highest BCUT2D eigenvalue weighted by atomic mass is 32.1. The fraction of sp³-hybridized carbons (Fsp3) is 0.391. The first-order chi connectivity index (χ1) is 15.0. The molecule has 0 N–H and O–H groups in total. The summed E-state index contributed by atoms with van der Waals surface area (Å²) in [6.45, 7) is 6.65. The first-order valence-electron chi connectivity index (χ1n) is 10.3. The molecule has 0 saturated heterocycles. The number of benzene rings is 2. The summed E-state index contributed by atoms with van der Waals surface area (Å²) in [4.78, 5) is 8.83. The monoisotopic (exact) mass is 465 g/mol. The van der Waals surface area contributed by atoms with Crippen molar-refractivity contribution in [2.45, 2.75) is 58.4 Å². The van der Waals surface area contributed by atoms with Crippen LogP contribution >= 0.6 is 11.3 Å². The first kappa shape index (κ1) is 22.5. The van der Waals surface area contributed by atoms with Crippen LogP contribution in [0.4, 0.5) is 17.6 Å². The van der Waals surface area contributed by atoms with Crippen molar-refractivity contribution in [3.05, 3.63) is 53.0 Å². The van der Waals surface area contributed by atoms with Crippen LogP contribution in [0.5, 0.6) is 5.75 Å². The van der Waals surface area contributed by atoms with E-state index in [2.05, 4.69) is 4.98 Å². The third-order valence-electron chi connectivity index (χ3n) is 5.47. The van der Waals surface area contributed by atoms with Gasteiger partial charge >= 0.3 is 6.18 Å². The fourth-order valence-electron chi connectivity index (χ4n) is 3.79. The molecule has 2 heterocycles. The van der Waals surface area contributed by atoms with Gasteiger partial charge in [0.05, 0.1) is 33.2 Å². The van der Waals surface area contributed by atoms with Crippen molar-refractivity contribution < 1.29 is 22.3 Å². The molecule has 9 heteroatoms. The van der Waals surface area contributed by atoms with E-state index in [1.807, 2.05) is 33.8 Å². The summed E-state index contributed by atoms with van der Waals surface area (Å²) >= 11 is 1.43. The molecular formula is C23H23F4N3OS. The van der Waals surface area contributed by atoms with Crippen LogP contribution in [0.25, 0.3) is 21.3 Å². The van der Waals surface area contributed by atoms with Crippen LogP contribution in [0, 0.1) is 5.82 Å². The topological polar surface area (TPSA) is 39.9 Å². The predicted molar refractivity (Wildman–Crippen MR) is 118 cm³/mol. The van der Waals surface area contributed by atoms with Gasteiger partial charge in [0.25, 0.3) is 0 Å². The van der Waals surface area contributed by atoms with Gasteiger partial charge in [-0.05, 0) is 50.1 Å². The minimum atomic E-state index is -4.36. The van der Waals surface area contributed by atoms with Crippen LogP contribution in [0.2, 0.25) is 0 Å². The maximum atomic E-state index is 14.0. The van der Waals surface area contributed by atoms with E-state index in [0.717, 1.165) is 19.8 Å². The lowest BCUT2D eigenvalue weighted by atomic mass is 9.88. The van der Waals surface area contributed by atoms with Gasteiger partial charge in [0.2, 0.25) is 0 Å². The first-order valence-corrected chi connectivity index (χ1v) is 11.1. The second-order valence-corrected chi connectivity index (χ2v) is 9.31. The number of aromatic nitrogens is 3. The number of alkyl halides is 3. The largest absolute Gasteiger partial charge is 0.491 e. The lowest BCUT2D eigenvalue weighted by Gasteiger charge is -2.22. The standard InChI is InChI=1S/C23H23F4N3OS/c1-12(2)31-18-7-5-15(24)9-16(18)13(3)14(4)22-29-20-19(32-22)8-6-17-21(20)30(11-28-17)10-23(25,26)27/h5-9,11-14H,10H2,1-4H3. The van der Waals surface area contributed by atoms with Gasteiger partial charge in [-0.3, -0.25) is 0 Å². The summed E-state index contributed by atoms with van der Waals surface area (Å²) in [6.07, 6.45) is -3.22. The van der Waals surface area contributed by atoms with Gasteiger partial charge in [-0.15, -0.1) is 11.3 Å². The maximum absolute atomic E-state index is 14.0. The van der Waals surface area contributed by atoms with Crippen LogP contribution < -0.4 is 4.74 Å². The van der Waals surface area contributed by atoms with E-state index in [-0.39, 0.29) is 23.8 Å². The zero-order chi connectivity index (χ0) is 23.2. The van der Waals surface area contributed by atoms with E-state index < -0.39 is 12.7 Å². The minimum Gasteiger partial charge on any atom is -0.491 e. The molecule has 0 aliphatic heterocycles. The highest BCUT2D eigenvalue weighted by Crippen LogP contribution is 2.41. The van der Waals surface area contributed by atoms with E-state index in [9.17, 15) is 17.6 Å². The van der Waals surface area contributed by atoms with Gasteiger partial charge in [0.15, 0.2) is 0 Å². The average Bonchev–Trinajstić information content (AvgIpc) is 3.30. The van der Waals surface area contributed by atoms with Gasteiger partial charge in [0, 0.05) is 11.5 Å². The van der Waals surface area contributed by atoms with Crippen molar-refractivity contribution in [1.82, 2.24) is 14.5 Å². The minimum absolute atomic E-state index is 0.0635. The second-order valence-electron chi connectivity index (χ2n) is 8.25. The Kier molecular flexibility index (Phi) is 5.87. The SMILES string of the molecule is CC(C)Oc1ccc(F)cc1C(C)C(C)c1nc2c(ccc3ncn(CC(F)(F)F)c32)s1. The van der Waals surface area contributed by atoms with Crippen LogP contribution in [-0.4, -0.2) is 26.8 Å². The number of nitrogens with zero attached hydrogens (tertiary/aromatic N) is 3. The van der Waals surface area contributed by atoms with Gasteiger partial charge < -0.3 is 9.30 Å². The third kappa shape index (κ3) is 4.44. The summed E-state index contributed by atoms with van der Waals surface area (Å²) < 4.78 is 60.9. The molecule has 0 bridgehead atoms. The Hall–Kier alpha value is -2.68. The lowest BCUT2D eigenvalue weighted by molar-refractivity contribution is -0.139. The Morgan fingerprint density at radius 1 is 1.06 bits per heavy atom. The summed E-state index contributed by atoms with van der Waals surface area (Å²) in [5.41, 5.74) is 2.08. The molecule has 0 spiro atoms. The fourth-order valence-corrected chi connectivity index (χ4v) is 4.92. The number of imidazole rings is 1. The number of halogens is 4. The zero-order valence-corrected chi connectivity index (χ0v) is 18.9. The van der Waals surface area contributed by atoms with Crippen molar-refractivity contribution in [3.8, 4) is 5.75 Å². The quantitative estimate of drug-likeness (QED) is 0.287. The Morgan fingerprint density at radius 3 is 2.50 bits per heavy atom. The zero-order valence-electron chi connectivity index (χ0n) is 18.1. The molecule has 170 valence electrons. The Balaban J connectivity index is 1.75. The molecule has 2 aromatic heterocycles. The lowest BCUT2D eigenvalue weighted by Crippen LogP contribution is -2.16. The molecule has 4 nitrogen and oxygen atoms in total. The van der Waals surface area contributed by atoms with Crippen LogP contribution in [0.3, 0.4) is 0 Å². The molecular weight excluding hydrogens is 442 g/mol. The highest BCUT2D eigenvalue weighted by molar-refractivity contribution is 7.18. The molecule has 2 atom stereocenters. The molecule has 2 aromatic carbocycles. The number of ether oxygens (including phenoxy) is 1. The Labute approximate surface area is 186 Å². The molecule has 0 aliphatic carbocycles. The van der Waals surface area contributed by atoms with Crippen LogP contribution in [0.1, 0.15) is 50.1 Å². The Bertz CT molecular complexity index is 1260. The predicted octanol–water partition coefficient (Wildman–Crippen LogP) is 7.04. The Morgan fingerprint density at radius 2 is 1.81 bits per heavy atom. The second kappa shape index (κ2) is 8.35. The van der Waals surface area contributed by atoms with Crippen molar-refractivity contribution >= 4 is 32.6 Å². The van der Waals surface area contributed by atoms with Crippen LogP contribution in [0.15, 0.2) is 36.7 Å². The van der Waals surface area contributed by atoms with E-state index in [4.69, 9.17) is 9.72 Å². The molecule has 0 fully saturated rings. The molecule has 2 unspecified atom stereocenters. The average molecular weight is 466 g/mol. The maximum Gasteiger partial charge on any atom is 0.406 e. The number of thiazole rings is 1. The number of fused-ring (bicyclic) bond motifs is 3. The number of hydrogen-bond acceptors (Lipinski definition) is 4. The number of rotatable bonds is 6. The van der Waals surface area contributed by atoms with E-state index in [1.54, 1.807) is 12.1 Å². The molecule has 0 radical (unpaired) electrons. The smallest absolute Gasteiger partial charge is 0.406 e. The van der Waals surface area contributed by atoms with Gasteiger partial charge in [-0.25, -0.2) is 14.4 Å². The van der Waals surface area contributed by atoms with Crippen molar-refractivity contribution in [3.63, 3.8) is 0 Å². The van der Waals surface area contributed by atoms with Crippen molar-refractivity contribution in [2.75, 3.05) is 0 Å². The van der Waals surface area contributed by atoms with Crippen molar-refractivity contribution in [1.29, 1.82) is 0 Å². The molecule has 4 rings (SSSR count). The third-order valence-corrected chi connectivity index (χ3v) is 6.69. The summed E-state index contributed by atoms with van der Waals surface area (Å²) in [7, 11) is 0. The summed E-state index contributed by atoms with van der Waals surface area (Å²) in [6, 6.07) is 8.02. The van der Waals surface area contributed by atoms with Gasteiger partial charge in [0.1, 0.15) is 23.6 Å². The normalized spacial score (nSPS) is 14.4. The van der Waals surface area contributed by atoms with Gasteiger partial charge in [-0.1, -0.05) is 13.8 Å². The van der Waals surface area contributed by atoms with Gasteiger partial charge in [-0.2, -0.15) is 13.2 Å². The van der Waals surface area contributed by atoms with Crippen molar-refractivity contribution in [2.24, 2.45) is 0 Å². The molecule has 0 saturated carbocycles.